The zero-order valence-electron chi connectivity index (χ0n) is 12.8. The molecule has 0 spiro atoms. The van der Waals surface area contributed by atoms with Crippen molar-refractivity contribution >= 4 is 23.6 Å². The first-order chi connectivity index (χ1) is 9.89. The molecule has 1 rings (SSSR count). The highest BCUT2D eigenvalue weighted by atomic mass is 32.2. The van der Waals surface area contributed by atoms with E-state index in [1.54, 1.807) is 13.8 Å². The van der Waals surface area contributed by atoms with Crippen LogP contribution in [-0.2, 0) is 15.3 Å². The van der Waals surface area contributed by atoms with Crippen LogP contribution >= 0.6 is 11.8 Å². The van der Waals surface area contributed by atoms with Gasteiger partial charge in [-0.1, -0.05) is 43.7 Å². The Labute approximate surface area is 130 Å². The summed E-state index contributed by atoms with van der Waals surface area (Å²) in [6.45, 7) is 5.27. The molecular weight excluding hydrogens is 286 g/mol. The highest BCUT2D eigenvalue weighted by Gasteiger charge is 2.34. The molecule has 1 amide bonds. The number of carboxylic acid groups (broad SMARTS) is 1. The molecule has 0 saturated carbocycles. The summed E-state index contributed by atoms with van der Waals surface area (Å²) in [5, 5.41) is 11.7. The fraction of sp³-hybridized carbons (Fsp3) is 0.500. The van der Waals surface area contributed by atoms with Crippen molar-refractivity contribution in [2.75, 3.05) is 0 Å². The number of carboxylic acids is 1. The summed E-state index contributed by atoms with van der Waals surface area (Å²) in [6, 6.07) is 9.90. The predicted octanol–water partition coefficient (Wildman–Crippen LogP) is 3.07. The Bertz CT molecular complexity index is 478. The Morgan fingerprint density at radius 1 is 1.33 bits per heavy atom. The number of hydrogen-bond donors (Lipinski definition) is 2. The Morgan fingerprint density at radius 2 is 1.95 bits per heavy atom. The number of nitrogens with one attached hydrogen (secondary N) is 1. The van der Waals surface area contributed by atoms with Gasteiger partial charge in [-0.15, -0.1) is 11.8 Å². The average Bonchev–Trinajstić information content (AvgIpc) is 2.45. The molecule has 0 fully saturated rings. The number of carbonyl (C=O) groups is 2. The maximum absolute atomic E-state index is 12.2. The Kier molecular flexibility index (Phi) is 6.75. The number of benzene rings is 1. The molecule has 2 atom stereocenters. The number of thioether (sulfide) groups is 1. The van der Waals surface area contributed by atoms with E-state index in [9.17, 15) is 14.7 Å². The summed E-state index contributed by atoms with van der Waals surface area (Å²) >= 11 is 1.50. The summed E-state index contributed by atoms with van der Waals surface area (Å²) in [5.74, 6) is -0.486. The lowest BCUT2D eigenvalue weighted by Gasteiger charge is -2.27. The molecule has 0 aliphatic heterocycles. The van der Waals surface area contributed by atoms with Crippen molar-refractivity contribution in [1.29, 1.82) is 0 Å². The molecular formula is C16H23NO3S. The second-order valence-corrected chi connectivity index (χ2v) is 6.64. The second kappa shape index (κ2) is 8.08. The molecule has 0 aliphatic rings. The maximum Gasteiger partial charge on any atom is 0.329 e. The van der Waals surface area contributed by atoms with Crippen LogP contribution in [0.4, 0.5) is 0 Å². The van der Waals surface area contributed by atoms with E-state index in [4.69, 9.17) is 0 Å². The van der Waals surface area contributed by atoms with Crippen molar-refractivity contribution in [1.82, 2.24) is 5.32 Å². The van der Waals surface area contributed by atoms with E-state index in [0.717, 1.165) is 11.3 Å². The van der Waals surface area contributed by atoms with Crippen LogP contribution in [0.1, 0.15) is 39.2 Å². The third-order valence-corrected chi connectivity index (χ3v) is 4.55. The first-order valence-electron chi connectivity index (χ1n) is 7.10. The molecule has 4 nitrogen and oxygen atoms in total. The molecule has 0 radical (unpaired) electrons. The van der Waals surface area contributed by atoms with E-state index in [1.807, 2.05) is 37.3 Å². The van der Waals surface area contributed by atoms with Crippen LogP contribution in [0.25, 0.3) is 0 Å². The summed E-state index contributed by atoms with van der Waals surface area (Å²) in [6.07, 6.45) is 1.12. The maximum atomic E-state index is 12.2. The quantitative estimate of drug-likeness (QED) is 0.774. The van der Waals surface area contributed by atoms with Crippen LogP contribution in [0.15, 0.2) is 30.3 Å². The number of amides is 1. The highest BCUT2D eigenvalue weighted by Crippen LogP contribution is 2.20. The van der Waals surface area contributed by atoms with Crippen molar-refractivity contribution in [2.45, 2.75) is 50.2 Å². The number of hydrogen-bond acceptors (Lipinski definition) is 3. The van der Waals surface area contributed by atoms with Crippen LogP contribution < -0.4 is 5.32 Å². The average molecular weight is 309 g/mol. The monoisotopic (exact) mass is 309 g/mol. The first kappa shape index (κ1) is 17.6. The van der Waals surface area contributed by atoms with E-state index >= 15 is 0 Å². The topological polar surface area (TPSA) is 66.4 Å². The van der Waals surface area contributed by atoms with Gasteiger partial charge in [0.25, 0.3) is 0 Å². The molecule has 2 unspecified atom stereocenters. The van der Waals surface area contributed by atoms with Gasteiger partial charge in [-0.3, -0.25) is 4.79 Å². The lowest BCUT2D eigenvalue weighted by molar-refractivity contribution is -0.147. The molecule has 0 aliphatic carbocycles. The summed E-state index contributed by atoms with van der Waals surface area (Å²) in [7, 11) is 0. The van der Waals surface area contributed by atoms with Crippen LogP contribution in [0, 0.1) is 0 Å². The van der Waals surface area contributed by atoms with E-state index in [0.29, 0.717) is 12.8 Å². The molecule has 0 heterocycles. The largest absolute Gasteiger partial charge is 0.480 e. The van der Waals surface area contributed by atoms with Crippen molar-refractivity contribution in [3.63, 3.8) is 0 Å². The normalized spacial score (nSPS) is 15.0. The fourth-order valence-electron chi connectivity index (χ4n) is 1.97. The summed E-state index contributed by atoms with van der Waals surface area (Å²) in [4.78, 5) is 23.5. The first-order valence-corrected chi connectivity index (χ1v) is 8.15. The van der Waals surface area contributed by atoms with Crippen LogP contribution in [0.2, 0.25) is 0 Å². The number of rotatable bonds is 8. The zero-order valence-corrected chi connectivity index (χ0v) is 13.6. The fourth-order valence-corrected chi connectivity index (χ4v) is 2.81. The van der Waals surface area contributed by atoms with Gasteiger partial charge in [-0.25, -0.2) is 4.79 Å². The van der Waals surface area contributed by atoms with Gasteiger partial charge >= 0.3 is 5.97 Å². The summed E-state index contributed by atoms with van der Waals surface area (Å²) < 4.78 is 0. The molecule has 0 bridgehead atoms. The van der Waals surface area contributed by atoms with E-state index in [1.165, 1.54) is 11.8 Å². The standard InChI is InChI=1S/C16H23NO3S/c1-4-10-16(3,15(19)20)17-14(18)12(2)21-11-13-8-6-5-7-9-13/h5-9,12H,4,10-11H2,1-3H3,(H,17,18)(H,19,20). The van der Waals surface area contributed by atoms with Crippen LogP contribution in [0.3, 0.4) is 0 Å². The van der Waals surface area contributed by atoms with E-state index in [2.05, 4.69) is 5.32 Å². The molecule has 0 saturated heterocycles. The SMILES string of the molecule is CCCC(C)(NC(=O)C(C)SCc1ccccc1)C(=O)O. The number of carbonyl (C=O) groups excluding carboxylic acids is 1. The minimum atomic E-state index is -1.19. The van der Waals surface area contributed by atoms with Gasteiger partial charge in [-0.2, -0.15) is 0 Å². The Balaban J connectivity index is 2.55. The minimum absolute atomic E-state index is 0.228. The summed E-state index contributed by atoms with van der Waals surface area (Å²) in [5.41, 5.74) is -0.0374. The third kappa shape index (κ3) is 5.42. The molecule has 116 valence electrons. The predicted molar refractivity (Wildman–Crippen MR) is 86.3 cm³/mol. The van der Waals surface area contributed by atoms with E-state index < -0.39 is 11.5 Å². The third-order valence-electron chi connectivity index (χ3n) is 3.33. The van der Waals surface area contributed by atoms with Gasteiger partial charge in [0.05, 0.1) is 5.25 Å². The van der Waals surface area contributed by atoms with Crippen molar-refractivity contribution in [3.05, 3.63) is 35.9 Å². The Morgan fingerprint density at radius 3 is 2.48 bits per heavy atom. The van der Waals surface area contributed by atoms with Gasteiger partial charge < -0.3 is 10.4 Å². The molecule has 1 aromatic carbocycles. The lowest BCUT2D eigenvalue weighted by atomic mass is 9.96. The van der Waals surface area contributed by atoms with Gasteiger partial charge in [0, 0.05) is 5.75 Å². The van der Waals surface area contributed by atoms with Crippen molar-refractivity contribution in [2.24, 2.45) is 0 Å². The van der Waals surface area contributed by atoms with Gasteiger partial charge in [-0.05, 0) is 25.8 Å². The van der Waals surface area contributed by atoms with Crippen LogP contribution in [-0.4, -0.2) is 27.8 Å². The zero-order chi connectivity index (χ0) is 15.9. The Hall–Kier alpha value is -1.49. The highest BCUT2D eigenvalue weighted by molar-refractivity contribution is 7.99. The lowest BCUT2D eigenvalue weighted by Crippen LogP contribution is -2.54. The molecule has 2 N–H and O–H groups in total. The van der Waals surface area contributed by atoms with Gasteiger partial charge in [0.2, 0.25) is 5.91 Å². The van der Waals surface area contributed by atoms with Gasteiger partial charge in [0.1, 0.15) is 5.54 Å². The molecule has 0 aromatic heterocycles. The van der Waals surface area contributed by atoms with Crippen molar-refractivity contribution < 1.29 is 14.7 Å². The number of aliphatic carboxylic acids is 1. The van der Waals surface area contributed by atoms with Crippen LogP contribution in [0.5, 0.6) is 0 Å². The molecule has 1 aromatic rings. The molecule has 21 heavy (non-hydrogen) atoms. The minimum Gasteiger partial charge on any atom is -0.480 e. The van der Waals surface area contributed by atoms with E-state index in [-0.39, 0.29) is 11.2 Å². The van der Waals surface area contributed by atoms with Gasteiger partial charge in [0.15, 0.2) is 0 Å². The second-order valence-electron chi connectivity index (χ2n) is 5.32. The van der Waals surface area contributed by atoms with Crippen molar-refractivity contribution in [3.8, 4) is 0 Å². The molecule has 5 heteroatoms. The smallest absolute Gasteiger partial charge is 0.329 e.